The summed E-state index contributed by atoms with van der Waals surface area (Å²) in [6.45, 7) is 8.68. The molecule has 4 aromatic heterocycles. The van der Waals surface area contributed by atoms with Crippen molar-refractivity contribution in [3.05, 3.63) is 131 Å². The summed E-state index contributed by atoms with van der Waals surface area (Å²) in [5.41, 5.74) is 27.3. The number of ketones is 2. The van der Waals surface area contributed by atoms with Crippen molar-refractivity contribution in [1.29, 1.82) is 0 Å². The van der Waals surface area contributed by atoms with Crippen LogP contribution in [-0.2, 0) is 35.2 Å². The molecule has 2 aliphatic rings. The lowest BCUT2D eigenvalue weighted by molar-refractivity contribution is 0.0980. The summed E-state index contributed by atoms with van der Waals surface area (Å²) in [6, 6.07) is 20.2. The van der Waals surface area contributed by atoms with Crippen LogP contribution in [-0.4, -0.2) is 101 Å². The van der Waals surface area contributed by atoms with E-state index < -0.39 is 0 Å². The molecule has 0 saturated carbocycles. The Balaban J connectivity index is 0.000000191. The Morgan fingerprint density at radius 1 is 0.594 bits per heavy atom. The van der Waals surface area contributed by atoms with Crippen molar-refractivity contribution in [2.24, 2.45) is 5.73 Å². The first-order chi connectivity index (χ1) is 31.3. The van der Waals surface area contributed by atoms with E-state index in [1.165, 1.54) is 24.0 Å². The Morgan fingerprint density at radius 3 is 1.42 bits per heavy atom. The molecule has 0 aliphatic carbocycles. The molecule has 15 heteroatoms. The first-order valence-electron chi connectivity index (χ1n) is 22.0. The van der Waals surface area contributed by atoms with Crippen LogP contribution >= 0.6 is 0 Å². The van der Waals surface area contributed by atoms with Gasteiger partial charge in [-0.1, -0.05) is 61.9 Å². The van der Waals surface area contributed by atoms with Crippen LogP contribution in [0.2, 0.25) is 0 Å². The highest BCUT2D eigenvalue weighted by Gasteiger charge is 2.22. The predicted molar refractivity (Wildman–Crippen MR) is 250 cm³/mol. The fourth-order valence-corrected chi connectivity index (χ4v) is 7.71. The molecule has 0 unspecified atom stereocenters. The van der Waals surface area contributed by atoms with Gasteiger partial charge in [-0.05, 0) is 55.5 Å². The number of nitrogens with two attached hydrogens (primary N) is 3. The number of carbonyl (C=O) groups excluding carboxylic acids is 2. The van der Waals surface area contributed by atoms with Crippen LogP contribution < -0.4 is 27.0 Å². The molecule has 0 atom stereocenters. The van der Waals surface area contributed by atoms with E-state index in [9.17, 15) is 9.59 Å². The minimum atomic E-state index is -0.182. The maximum atomic E-state index is 13.2. The summed E-state index contributed by atoms with van der Waals surface area (Å²) < 4.78 is 10.9. The SMILES string of the molecule is CCCCc1ccc(-c2cnc(N)c(C(=O)Cc3cnccc3N3CCOCC3)n2)cc1.NCCCc1ccc(-c2cnc(N)c(C(=O)Cc3cnccc3N3CCOCC3)n2)cc1. The fourth-order valence-electron chi connectivity index (χ4n) is 7.71. The molecule has 332 valence electrons. The predicted octanol–water partition coefficient (Wildman–Crippen LogP) is 6.00. The molecule has 8 rings (SSSR count). The van der Waals surface area contributed by atoms with Crippen LogP contribution in [0.3, 0.4) is 0 Å². The van der Waals surface area contributed by atoms with Crippen LogP contribution in [0.15, 0.2) is 97.8 Å². The summed E-state index contributed by atoms with van der Waals surface area (Å²) in [6.07, 6.45) is 15.8. The Kier molecular flexibility index (Phi) is 16.0. The Bertz CT molecular complexity index is 2300. The lowest BCUT2D eigenvalue weighted by atomic mass is 10.0. The molecule has 2 aliphatic heterocycles. The summed E-state index contributed by atoms with van der Waals surface area (Å²) >= 11 is 0. The Hall–Kier alpha value is -6.68. The smallest absolute Gasteiger partial charge is 0.189 e. The molecule has 2 saturated heterocycles. The number of pyridine rings is 2. The Morgan fingerprint density at radius 2 is 1.02 bits per heavy atom. The zero-order valence-electron chi connectivity index (χ0n) is 36.5. The van der Waals surface area contributed by atoms with Crippen molar-refractivity contribution in [2.45, 2.75) is 51.9 Å². The zero-order chi connectivity index (χ0) is 44.7. The number of Topliss-reactive ketones (excluding diaryl/α,β-unsaturated/α-hetero) is 2. The normalized spacial score (nSPS) is 13.8. The molecule has 0 radical (unpaired) electrons. The number of aromatic nitrogens is 6. The van der Waals surface area contributed by atoms with Crippen molar-refractivity contribution in [2.75, 3.05) is 80.4 Å². The van der Waals surface area contributed by atoms with Crippen LogP contribution in [0.25, 0.3) is 22.5 Å². The molecule has 6 heterocycles. The summed E-state index contributed by atoms with van der Waals surface area (Å²) in [5, 5.41) is 0. The first-order valence-corrected chi connectivity index (χ1v) is 22.0. The number of nitrogen functional groups attached to an aromatic ring is 2. The number of anilines is 4. The van der Waals surface area contributed by atoms with Crippen molar-refractivity contribution in [3.63, 3.8) is 0 Å². The van der Waals surface area contributed by atoms with Crippen LogP contribution in [0.4, 0.5) is 23.0 Å². The topological polar surface area (TPSA) is 214 Å². The van der Waals surface area contributed by atoms with E-state index >= 15 is 0 Å². The van der Waals surface area contributed by atoms with Gasteiger partial charge in [-0.2, -0.15) is 0 Å². The second-order valence-electron chi connectivity index (χ2n) is 15.8. The van der Waals surface area contributed by atoms with Gasteiger partial charge in [-0.15, -0.1) is 0 Å². The van der Waals surface area contributed by atoms with Gasteiger partial charge < -0.3 is 36.5 Å². The van der Waals surface area contributed by atoms with Crippen molar-refractivity contribution >= 4 is 34.6 Å². The monoisotopic (exact) mass is 863 g/mol. The highest BCUT2D eigenvalue weighted by atomic mass is 16.5. The standard InChI is InChI=1S/C25H29N5O2.C24H28N6O2/c1-2-3-4-18-5-7-19(8-6-18)21-17-28-25(26)24(29-21)23(31)15-20-16-27-10-9-22(20)30-11-13-32-14-12-30;25-8-1-2-17-3-5-18(6-4-17)20-16-28-24(26)23(29-20)22(31)14-19-15-27-9-7-21(19)30-10-12-32-13-11-30/h5-10,16-17H,2-4,11-15H2,1H3,(H2,26,28);3-7,9,15-16H,1-2,8,10-14,25H2,(H2,26,28). The number of nitrogens with zero attached hydrogens (tertiary/aromatic N) is 8. The summed E-state index contributed by atoms with van der Waals surface area (Å²) in [4.78, 5) is 56.8. The van der Waals surface area contributed by atoms with Gasteiger partial charge in [-0.3, -0.25) is 19.6 Å². The van der Waals surface area contributed by atoms with Crippen molar-refractivity contribution < 1.29 is 19.1 Å². The van der Waals surface area contributed by atoms with Gasteiger partial charge in [0.2, 0.25) is 0 Å². The number of hydrogen-bond acceptors (Lipinski definition) is 15. The van der Waals surface area contributed by atoms with Gasteiger partial charge in [0, 0.05) is 97.4 Å². The molecule has 6 aromatic rings. The Labute approximate surface area is 374 Å². The van der Waals surface area contributed by atoms with Gasteiger partial charge in [0.15, 0.2) is 23.2 Å². The molecule has 6 N–H and O–H groups in total. The number of unbranched alkanes of at least 4 members (excludes halogenated alkanes) is 1. The quantitative estimate of drug-likeness (QED) is 0.0952. The van der Waals surface area contributed by atoms with E-state index in [1.807, 2.05) is 36.4 Å². The first kappa shape index (κ1) is 45.3. The van der Waals surface area contributed by atoms with E-state index in [0.717, 1.165) is 79.1 Å². The third kappa shape index (κ3) is 11.9. The third-order valence-electron chi connectivity index (χ3n) is 11.3. The number of hydrogen-bond donors (Lipinski definition) is 3. The van der Waals surface area contributed by atoms with Gasteiger partial charge in [0.1, 0.15) is 11.4 Å². The molecule has 0 spiro atoms. The average molecular weight is 864 g/mol. The lowest BCUT2D eigenvalue weighted by Crippen LogP contribution is -2.37. The number of carbonyl (C=O) groups is 2. The average Bonchev–Trinajstić information content (AvgIpc) is 3.34. The molecule has 15 nitrogen and oxygen atoms in total. The molecular formula is C49H57N11O4. The maximum absolute atomic E-state index is 13.2. The van der Waals surface area contributed by atoms with E-state index in [1.54, 1.807) is 37.2 Å². The minimum Gasteiger partial charge on any atom is -0.382 e. The lowest BCUT2D eigenvalue weighted by Gasteiger charge is -2.30. The van der Waals surface area contributed by atoms with E-state index in [4.69, 9.17) is 26.7 Å². The molecular weight excluding hydrogens is 807 g/mol. The number of aryl methyl sites for hydroxylation is 2. The molecule has 2 aromatic carbocycles. The van der Waals surface area contributed by atoms with Crippen LogP contribution in [0, 0.1) is 0 Å². The second kappa shape index (κ2) is 22.6. The molecule has 0 amide bonds. The largest absolute Gasteiger partial charge is 0.382 e. The van der Waals surface area contributed by atoms with Gasteiger partial charge in [0.05, 0.1) is 50.2 Å². The molecule has 0 bridgehead atoms. The molecule has 64 heavy (non-hydrogen) atoms. The third-order valence-corrected chi connectivity index (χ3v) is 11.3. The van der Waals surface area contributed by atoms with Crippen LogP contribution in [0.1, 0.15) is 69.4 Å². The minimum absolute atomic E-state index is 0.134. The van der Waals surface area contributed by atoms with Gasteiger partial charge in [-0.25, -0.2) is 19.9 Å². The number of morpholine rings is 2. The second-order valence-corrected chi connectivity index (χ2v) is 15.8. The number of ether oxygens (including phenoxy) is 2. The van der Waals surface area contributed by atoms with E-state index in [-0.39, 0.29) is 47.4 Å². The van der Waals surface area contributed by atoms with Crippen molar-refractivity contribution in [1.82, 2.24) is 29.9 Å². The maximum Gasteiger partial charge on any atom is 0.189 e. The summed E-state index contributed by atoms with van der Waals surface area (Å²) in [5.74, 6) is -0.0666. The number of rotatable bonds is 16. The van der Waals surface area contributed by atoms with Gasteiger partial charge in [0.25, 0.3) is 0 Å². The van der Waals surface area contributed by atoms with E-state index in [0.29, 0.717) is 44.4 Å². The summed E-state index contributed by atoms with van der Waals surface area (Å²) in [7, 11) is 0. The van der Waals surface area contributed by atoms with E-state index in [2.05, 4.69) is 70.9 Å². The fraction of sp³-hybridized carbons (Fsp3) is 0.347. The molecule has 2 fully saturated rings. The van der Waals surface area contributed by atoms with Crippen molar-refractivity contribution in [3.8, 4) is 22.5 Å². The zero-order valence-corrected chi connectivity index (χ0v) is 36.5. The number of benzene rings is 2. The highest BCUT2D eigenvalue weighted by molar-refractivity contribution is 6.01. The van der Waals surface area contributed by atoms with Crippen LogP contribution in [0.5, 0.6) is 0 Å². The highest BCUT2D eigenvalue weighted by Crippen LogP contribution is 2.27. The van der Waals surface area contributed by atoms with Gasteiger partial charge >= 0.3 is 0 Å².